The van der Waals surface area contributed by atoms with Crippen molar-refractivity contribution in [1.82, 2.24) is 16.2 Å². The van der Waals surface area contributed by atoms with Gasteiger partial charge in [0.15, 0.2) is 0 Å². The van der Waals surface area contributed by atoms with Gasteiger partial charge < -0.3 is 5.32 Å². The van der Waals surface area contributed by atoms with E-state index < -0.39 is 34.3 Å². The van der Waals surface area contributed by atoms with E-state index in [9.17, 15) is 24.9 Å². The maximum Gasteiger partial charge on any atom is 0.269 e. The number of amides is 3. The van der Waals surface area contributed by atoms with E-state index in [1.807, 2.05) is 12.1 Å². The summed E-state index contributed by atoms with van der Waals surface area (Å²) in [7, 11) is 0. The Balaban J connectivity index is 2.07. The third kappa shape index (κ3) is 4.33. The summed E-state index contributed by atoms with van der Waals surface area (Å²) in [6.07, 6.45) is 0. The minimum absolute atomic E-state index is 0.233. The molecule has 0 fully saturated rings. The summed E-state index contributed by atoms with van der Waals surface area (Å²) in [5, 5.41) is 20.8. The molecule has 0 radical (unpaired) electrons. The van der Waals surface area contributed by atoms with Crippen LogP contribution in [0.4, 0.5) is 0 Å². The van der Waals surface area contributed by atoms with Crippen molar-refractivity contribution in [2.45, 2.75) is 26.0 Å². The van der Waals surface area contributed by atoms with Crippen molar-refractivity contribution in [2.75, 3.05) is 0 Å². The largest absolute Gasteiger partial charge is 0.319 e. The average molecular weight is 397 g/mol. The van der Waals surface area contributed by atoms with Crippen molar-refractivity contribution >= 4 is 29.5 Å². The van der Waals surface area contributed by atoms with Gasteiger partial charge in [-0.25, -0.2) is 0 Å². The van der Waals surface area contributed by atoms with Crippen LogP contribution in [0.15, 0.2) is 40.9 Å². The van der Waals surface area contributed by atoms with Gasteiger partial charge in [0.05, 0.1) is 28.0 Å². The highest BCUT2D eigenvalue weighted by atomic mass is 32.2. The summed E-state index contributed by atoms with van der Waals surface area (Å²) in [5.74, 6) is -2.49. The second-order valence-electron chi connectivity index (χ2n) is 6.66. The number of thioether (sulfide) groups is 1. The molecule has 1 aliphatic rings. The van der Waals surface area contributed by atoms with Crippen LogP contribution in [0.25, 0.3) is 0 Å². The van der Waals surface area contributed by atoms with Crippen LogP contribution in [0.1, 0.15) is 31.1 Å². The minimum atomic E-state index is -0.999. The Morgan fingerprint density at radius 1 is 1.21 bits per heavy atom. The molecule has 0 aromatic heterocycles. The molecule has 1 aromatic rings. The number of hydrogen-bond acceptors (Lipinski definition) is 6. The third-order valence-corrected chi connectivity index (χ3v) is 5.44. The third-order valence-electron chi connectivity index (χ3n) is 4.33. The van der Waals surface area contributed by atoms with Crippen LogP contribution in [-0.4, -0.2) is 23.0 Å². The molecule has 9 heteroatoms. The molecule has 3 amide bonds. The molecule has 8 nitrogen and oxygen atoms in total. The molecule has 0 saturated heterocycles. The molecule has 2 rings (SSSR count). The molecule has 0 spiro atoms. The minimum Gasteiger partial charge on any atom is -0.319 e. The number of rotatable bonds is 4. The number of carbonyl (C=O) groups is 3. The number of allylic oxidation sites excluding steroid dienone is 1. The van der Waals surface area contributed by atoms with Gasteiger partial charge in [-0.05, 0) is 19.1 Å². The van der Waals surface area contributed by atoms with Gasteiger partial charge in [-0.2, -0.15) is 10.5 Å². The molecule has 0 aliphatic carbocycles. The van der Waals surface area contributed by atoms with Crippen molar-refractivity contribution in [2.24, 2.45) is 11.3 Å². The average Bonchev–Trinajstić information content (AvgIpc) is 2.66. The fourth-order valence-electron chi connectivity index (χ4n) is 2.63. The number of nitriles is 2. The molecule has 1 aliphatic heterocycles. The zero-order valence-corrected chi connectivity index (χ0v) is 16.4. The summed E-state index contributed by atoms with van der Waals surface area (Å²) in [6.45, 7) is 4.86. The van der Waals surface area contributed by atoms with Crippen LogP contribution in [0.3, 0.4) is 0 Å². The number of carbonyl (C=O) groups excluding carboxylic acids is 3. The van der Waals surface area contributed by atoms with Crippen molar-refractivity contribution in [1.29, 1.82) is 10.5 Å². The number of hydrogen-bond donors (Lipinski definition) is 3. The second-order valence-corrected chi connectivity index (χ2v) is 8.01. The molecule has 3 N–H and O–H groups in total. The Kier molecular flexibility index (Phi) is 6.45. The first-order valence-electron chi connectivity index (χ1n) is 8.39. The van der Waals surface area contributed by atoms with Gasteiger partial charge in [0.25, 0.3) is 11.8 Å². The summed E-state index contributed by atoms with van der Waals surface area (Å²) in [5.41, 5.74) is 4.29. The molecule has 28 heavy (non-hydrogen) atoms. The Labute approximate surface area is 166 Å². The second kappa shape index (κ2) is 8.59. The molecule has 0 bridgehead atoms. The van der Waals surface area contributed by atoms with E-state index in [-0.39, 0.29) is 10.6 Å². The first-order chi connectivity index (χ1) is 13.2. The lowest BCUT2D eigenvalue weighted by molar-refractivity contribution is -0.125. The Bertz CT molecular complexity index is 912. The van der Waals surface area contributed by atoms with Gasteiger partial charge >= 0.3 is 0 Å². The molecule has 2 atom stereocenters. The van der Waals surface area contributed by atoms with Crippen LogP contribution >= 0.6 is 11.8 Å². The van der Waals surface area contributed by atoms with Crippen LogP contribution in [0.2, 0.25) is 0 Å². The monoisotopic (exact) mass is 397 g/mol. The van der Waals surface area contributed by atoms with E-state index in [4.69, 9.17) is 0 Å². The molecular weight excluding hydrogens is 378 g/mol. The van der Waals surface area contributed by atoms with Crippen LogP contribution in [0.5, 0.6) is 0 Å². The zero-order chi connectivity index (χ0) is 20.9. The SMILES string of the molecule is C[C@H](SC1=C(C#N)C(C)(C)[C@H](C#N)C(=O)N1)C(=O)NNC(=O)c1ccccc1. The topological polar surface area (TPSA) is 135 Å². The lowest BCUT2D eigenvalue weighted by Gasteiger charge is -2.35. The molecule has 1 heterocycles. The van der Waals surface area contributed by atoms with Crippen LogP contribution in [0, 0.1) is 34.0 Å². The van der Waals surface area contributed by atoms with Gasteiger partial charge in [0.1, 0.15) is 5.92 Å². The van der Waals surface area contributed by atoms with Gasteiger partial charge in [-0.3, -0.25) is 25.2 Å². The van der Waals surface area contributed by atoms with Crippen molar-refractivity contribution < 1.29 is 14.4 Å². The Hall–Kier alpha value is -3.30. The molecule has 0 saturated carbocycles. The lowest BCUT2D eigenvalue weighted by atomic mass is 9.72. The van der Waals surface area contributed by atoms with Crippen LogP contribution in [-0.2, 0) is 9.59 Å². The maximum atomic E-state index is 12.3. The van der Waals surface area contributed by atoms with Crippen molar-refractivity contribution in [3.63, 3.8) is 0 Å². The highest BCUT2D eigenvalue weighted by molar-refractivity contribution is 8.04. The van der Waals surface area contributed by atoms with Crippen LogP contribution < -0.4 is 16.2 Å². The summed E-state index contributed by atoms with van der Waals surface area (Å²) >= 11 is 0.980. The molecule has 1 aromatic carbocycles. The fourth-order valence-corrected chi connectivity index (χ4v) is 3.73. The summed E-state index contributed by atoms with van der Waals surface area (Å²) in [6, 6.07) is 12.3. The van der Waals surface area contributed by atoms with E-state index in [0.29, 0.717) is 5.56 Å². The first kappa shape index (κ1) is 21.0. The highest BCUT2D eigenvalue weighted by Gasteiger charge is 2.45. The highest BCUT2D eigenvalue weighted by Crippen LogP contribution is 2.42. The Morgan fingerprint density at radius 2 is 1.86 bits per heavy atom. The predicted octanol–water partition coefficient (Wildman–Crippen LogP) is 1.60. The first-order valence-corrected chi connectivity index (χ1v) is 9.27. The Morgan fingerprint density at radius 3 is 2.43 bits per heavy atom. The van der Waals surface area contributed by atoms with Gasteiger partial charge in [-0.15, -0.1) is 0 Å². The number of hydrazine groups is 1. The van der Waals surface area contributed by atoms with E-state index >= 15 is 0 Å². The smallest absolute Gasteiger partial charge is 0.269 e. The van der Waals surface area contributed by atoms with E-state index in [0.717, 1.165) is 11.8 Å². The maximum absolute atomic E-state index is 12.3. The lowest BCUT2D eigenvalue weighted by Crippen LogP contribution is -2.47. The number of benzene rings is 1. The fraction of sp³-hybridized carbons (Fsp3) is 0.316. The normalized spacial score (nSPS) is 18.9. The molecule has 144 valence electrons. The van der Waals surface area contributed by atoms with Gasteiger partial charge in [0, 0.05) is 11.0 Å². The molecule has 0 unspecified atom stereocenters. The number of nitrogens with zero attached hydrogens (tertiary/aromatic N) is 2. The summed E-state index contributed by atoms with van der Waals surface area (Å²) in [4.78, 5) is 36.5. The van der Waals surface area contributed by atoms with E-state index in [2.05, 4.69) is 16.2 Å². The van der Waals surface area contributed by atoms with Crippen molar-refractivity contribution in [3.8, 4) is 12.1 Å². The number of nitrogens with one attached hydrogen (secondary N) is 3. The van der Waals surface area contributed by atoms with Gasteiger partial charge in [-0.1, -0.05) is 43.8 Å². The van der Waals surface area contributed by atoms with Crippen molar-refractivity contribution in [3.05, 3.63) is 46.5 Å². The summed E-state index contributed by atoms with van der Waals surface area (Å²) < 4.78 is 0. The standard InChI is InChI=1S/C19H19N5O3S/c1-11(15(25)23-24-16(26)12-7-5-4-6-8-12)28-18-14(10-21)19(2,3)13(9-20)17(27)22-18/h4-8,11,13H,1-3H3,(H,22,27)(H,23,25)(H,24,26)/t11-,13+/m0/s1. The van der Waals surface area contributed by atoms with E-state index in [1.165, 1.54) is 0 Å². The van der Waals surface area contributed by atoms with Gasteiger partial charge in [0.2, 0.25) is 5.91 Å². The van der Waals surface area contributed by atoms with E-state index in [1.54, 1.807) is 51.1 Å². The zero-order valence-electron chi connectivity index (χ0n) is 15.6. The quantitative estimate of drug-likeness (QED) is 0.661. The molecular formula is C19H19N5O3S. The predicted molar refractivity (Wildman–Crippen MR) is 103 cm³/mol.